The maximum absolute atomic E-state index is 14.6. The van der Waals surface area contributed by atoms with Crippen LogP contribution in [0.3, 0.4) is 0 Å². The largest absolute Gasteiger partial charge is 0.436 e. The molecule has 176 valence electrons. The number of nitrogens with one attached hydrogen (secondary N) is 2. The van der Waals surface area contributed by atoms with E-state index in [1.54, 1.807) is 29.2 Å². The van der Waals surface area contributed by atoms with Crippen LogP contribution in [0.4, 0.5) is 9.18 Å². The van der Waals surface area contributed by atoms with Gasteiger partial charge in [0, 0.05) is 37.9 Å². The third kappa shape index (κ3) is 4.46. The number of halogens is 1. The van der Waals surface area contributed by atoms with E-state index in [9.17, 15) is 23.6 Å². The maximum Gasteiger partial charge on any atom is 0.436 e. The summed E-state index contributed by atoms with van der Waals surface area (Å²) in [6.45, 7) is 0.863. The van der Waals surface area contributed by atoms with Crippen LogP contribution in [-0.4, -0.2) is 71.8 Å². The minimum absolute atomic E-state index is 0.0423. The van der Waals surface area contributed by atoms with Gasteiger partial charge in [0.1, 0.15) is 5.82 Å². The number of nitrogens with zero attached hydrogens (tertiary/aromatic N) is 2. The molecule has 4 rings (SSSR count). The van der Waals surface area contributed by atoms with Crippen molar-refractivity contribution in [2.24, 2.45) is 0 Å². The van der Waals surface area contributed by atoms with Gasteiger partial charge in [0.25, 0.3) is 17.6 Å². The lowest BCUT2D eigenvalue weighted by Crippen LogP contribution is -2.52. The Kier molecular flexibility index (Phi) is 6.55. The third-order valence-corrected chi connectivity index (χ3v) is 5.45. The zero-order valence-corrected chi connectivity index (χ0v) is 18.2. The van der Waals surface area contributed by atoms with E-state index in [1.165, 1.54) is 24.3 Å². The fraction of sp³-hybridized carbons (Fsp3) is 0.217. The molecule has 1 fully saturated rings. The van der Waals surface area contributed by atoms with Crippen molar-refractivity contribution in [3.63, 3.8) is 0 Å². The summed E-state index contributed by atoms with van der Waals surface area (Å²) in [5.41, 5.74) is 2.37. The molecular weight excluding hydrogens is 447 g/mol. The molecule has 1 aliphatic rings. The predicted molar refractivity (Wildman–Crippen MR) is 118 cm³/mol. The van der Waals surface area contributed by atoms with Gasteiger partial charge >= 0.3 is 6.09 Å². The average molecular weight is 468 g/mol. The van der Waals surface area contributed by atoms with Crippen molar-refractivity contribution in [3.8, 4) is 5.75 Å². The van der Waals surface area contributed by atoms with E-state index in [4.69, 9.17) is 4.74 Å². The summed E-state index contributed by atoms with van der Waals surface area (Å²) in [7, 11) is 1.22. The maximum atomic E-state index is 14.6. The molecule has 1 saturated heterocycles. The molecule has 0 radical (unpaired) electrons. The van der Waals surface area contributed by atoms with Crippen molar-refractivity contribution in [2.45, 2.75) is 0 Å². The van der Waals surface area contributed by atoms with Crippen molar-refractivity contribution in [3.05, 3.63) is 65.6 Å². The summed E-state index contributed by atoms with van der Waals surface area (Å²) in [6, 6.07) is 11.0. The Labute approximate surface area is 193 Å². The summed E-state index contributed by atoms with van der Waals surface area (Å²) in [6.07, 6.45) is 0.251. The first-order chi connectivity index (χ1) is 16.4. The van der Waals surface area contributed by atoms with E-state index in [1.807, 2.05) is 11.5 Å². The molecular formula is C23H21FN4O6. The molecule has 0 aliphatic carbocycles. The van der Waals surface area contributed by atoms with Gasteiger partial charge in [-0.1, -0.05) is 18.2 Å². The standard InChI is InChI=1S/C23H21FN4O6/c1-33-26-23(32)34-17-8-7-16(24)18-15(13-25-19(17)18)20(29)22(31)28-11-9-27(10-12-28)21(30)14-5-3-2-4-6-14/h2-8,13,25H,9-12H2,1H3,(H,26,32). The molecule has 2 aromatic carbocycles. The Morgan fingerprint density at radius 2 is 1.65 bits per heavy atom. The van der Waals surface area contributed by atoms with Gasteiger partial charge in [-0.15, -0.1) is 0 Å². The molecule has 0 spiro atoms. The van der Waals surface area contributed by atoms with Crippen LogP contribution in [0.1, 0.15) is 20.7 Å². The molecule has 11 heteroatoms. The lowest BCUT2D eigenvalue weighted by Gasteiger charge is -2.34. The number of aromatic nitrogens is 1. The highest BCUT2D eigenvalue weighted by atomic mass is 19.1. The number of ether oxygens (including phenoxy) is 1. The molecule has 0 unspecified atom stereocenters. The number of fused-ring (bicyclic) bond motifs is 1. The summed E-state index contributed by atoms with van der Waals surface area (Å²) in [5, 5.41) is -0.168. The number of benzene rings is 2. The molecule has 0 atom stereocenters. The Balaban J connectivity index is 1.48. The molecule has 3 aromatic rings. The minimum Gasteiger partial charge on any atom is -0.407 e. The monoisotopic (exact) mass is 468 g/mol. The number of amides is 3. The number of carbonyl (C=O) groups is 4. The summed E-state index contributed by atoms with van der Waals surface area (Å²) in [5.74, 6) is -2.68. The number of ketones is 1. The zero-order valence-electron chi connectivity index (χ0n) is 18.2. The Morgan fingerprint density at radius 1 is 0.971 bits per heavy atom. The number of hydrogen-bond acceptors (Lipinski definition) is 6. The number of H-pyrrole nitrogens is 1. The molecule has 0 saturated carbocycles. The normalized spacial score (nSPS) is 13.6. The van der Waals surface area contributed by atoms with Crippen molar-refractivity contribution < 1.29 is 33.1 Å². The van der Waals surface area contributed by atoms with Gasteiger partial charge in [0.15, 0.2) is 5.75 Å². The first-order valence-corrected chi connectivity index (χ1v) is 10.4. The molecule has 1 aromatic heterocycles. The van der Waals surface area contributed by atoms with E-state index >= 15 is 0 Å². The number of hydroxylamine groups is 1. The number of rotatable bonds is 5. The number of piperazine rings is 1. The molecule has 0 bridgehead atoms. The molecule has 34 heavy (non-hydrogen) atoms. The van der Waals surface area contributed by atoms with Crippen molar-refractivity contribution in [1.82, 2.24) is 20.3 Å². The van der Waals surface area contributed by atoms with Gasteiger partial charge in [-0.2, -0.15) is 5.48 Å². The summed E-state index contributed by atoms with van der Waals surface area (Å²) >= 11 is 0. The third-order valence-electron chi connectivity index (χ3n) is 5.45. The van der Waals surface area contributed by atoms with Crippen LogP contribution < -0.4 is 10.2 Å². The van der Waals surface area contributed by atoms with Gasteiger partial charge in [-0.05, 0) is 24.3 Å². The Hall–Kier alpha value is -4.25. The van der Waals surface area contributed by atoms with E-state index in [0.717, 1.165) is 6.07 Å². The van der Waals surface area contributed by atoms with Crippen molar-refractivity contribution >= 4 is 34.6 Å². The van der Waals surface area contributed by atoms with Gasteiger partial charge < -0.3 is 19.5 Å². The lowest BCUT2D eigenvalue weighted by molar-refractivity contribution is -0.127. The SMILES string of the molecule is CONC(=O)Oc1ccc(F)c2c(C(=O)C(=O)N3CCN(C(=O)c4ccccc4)CC3)c[nH]c12. The van der Waals surface area contributed by atoms with Crippen LogP contribution >= 0.6 is 0 Å². The second-order valence-corrected chi connectivity index (χ2v) is 7.47. The fourth-order valence-corrected chi connectivity index (χ4v) is 3.78. The number of Topliss-reactive ketones (excluding diaryl/α,β-unsaturated/α-hetero) is 1. The molecule has 1 aliphatic heterocycles. The van der Waals surface area contributed by atoms with Crippen LogP contribution in [0, 0.1) is 5.82 Å². The van der Waals surface area contributed by atoms with Gasteiger partial charge in [-0.3, -0.25) is 19.2 Å². The zero-order chi connectivity index (χ0) is 24.2. The first kappa shape index (κ1) is 22.9. The predicted octanol–water partition coefficient (Wildman–Crippen LogP) is 2.12. The molecule has 2 N–H and O–H groups in total. The Morgan fingerprint density at radius 3 is 2.32 bits per heavy atom. The van der Waals surface area contributed by atoms with Crippen LogP contribution in [0.2, 0.25) is 0 Å². The van der Waals surface area contributed by atoms with Crippen molar-refractivity contribution in [2.75, 3.05) is 33.3 Å². The van der Waals surface area contributed by atoms with E-state index < -0.39 is 23.6 Å². The van der Waals surface area contributed by atoms with Crippen molar-refractivity contribution in [1.29, 1.82) is 0 Å². The molecule has 10 nitrogen and oxygen atoms in total. The van der Waals surface area contributed by atoms with Gasteiger partial charge in [0.2, 0.25) is 0 Å². The average Bonchev–Trinajstić information content (AvgIpc) is 3.32. The van der Waals surface area contributed by atoms with E-state index in [-0.39, 0.29) is 54.3 Å². The lowest BCUT2D eigenvalue weighted by atomic mass is 10.1. The number of hydrogen-bond donors (Lipinski definition) is 2. The molecule has 2 heterocycles. The summed E-state index contributed by atoms with van der Waals surface area (Å²) < 4.78 is 19.6. The van der Waals surface area contributed by atoms with Gasteiger partial charge in [-0.25, -0.2) is 9.18 Å². The van der Waals surface area contributed by atoms with Crippen LogP contribution in [0.15, 0.2) is 48.7 Å². The van der Waals surface area contributed by atoms with E-state index in [0.29, 0.717) is 5.56 Å². The topological polar surface area (TPSA) is 121 Å². The highest BCUT2D eigenvalue weighted by Gasteiger charge is 2.31. The minimum atomic E-state index is -0.947. The van der Waals surface area contributed by atoms with E-state index in [2.05, 4.69) is 9.82 Å². The number of aromatic amines is 1. The first-order valence-electron chi connectivity index (χ1n) is 10.4. The second kappa shape index (κ2) is 9.71. The van der Waals surface area contributed by atoms with Crippen LogP contribution in [-0.2, 0) is 9.63 Å². The fourth-order valence-electron chi connectivity index (χ4n) is 3.78. The highest BCUT2D eigenvalue weighted by Crippen LogP contribution is 2.30. The van der Waals surface area contributed by atoms with Crippen LogP contribution in [0.5, 0.6) is 5.75 Å². The quantitative estimate of drug-likeness (QED) is 0.336. The highest BCUT2D eigenvalue weighted by molar-refractivity contribution is 6.45. The smallest absolute Gasteiger partial charge is 0.407 e. The molecule has 3 amide bonds. The number of carbonyl (C=O) groups excluding carboxylic acids is 4. The van der Waals surface area contributed by atoms with Crippen LogP contribution in [0.25, 0.3) is 10.9 Å². The van der Waals surface area contributed by atoms with Gasteiger partial charge in [0.05, 0.1) is 23.6 Å². The Bertz CT molecular complexity index is 1250. The second-order valence-electron chi connectivity index (χ2n) is 7.47. The summed E-state index contributed by atoms with van der Waals surface area (Å²) in [4.78, 5) is 60.2.